The van der Waals surface area contributed by atoms with E-state index >= 15 is 0 Å². The molecular formula is C23H27N5O4. The molecule has 9 nitrogen and oxygen atoms in total. The van der Waals surface area contributed by atoms with Crippen molar-refractivity contribution < 1.29 is 19.1 Å². The Kier molecular flexibility index (Phi) is 5.73. The van der Waals surface area contributed by atoms with Gasteiger partial charge in [-0.2, -0.15) is 0 Å². The molecular weight excluding hydrogens is 410 g/mol. The summed E-state index contributed by atoms with van der Waals surface area (Å²) in [5.41, 5.74) is 2.65. The van der Waals surface area contributed by atoms with E-state index < -0.39 is 18.2 Å². The number of rotatable bonds is 6. The number of likely N-dealkylation sites (N-methyl/N-ethyl adjacent to an activating group) is 1. The van der Waals surface area contributed by atoms with E-state index in [0.29, 0.717) is 5.96 Å². The maximum Gasteiger partial charge on any atom is 0.328 e. The van der Waals surface area contributed by atoms with E-state index in [0.717, 1.165) is 17.0 Å². The van der Waals surface area contributed by atoms with Crippen LogP contribution in [0.4, 0.5) is 4.79 Å². The van der Waals surface area contributed by atoms with E-state index in [2.05, 4.69) is 4.99 Å². The Bertz CT molecular complexity index is 1030. The number of ether oxygens (including phenoxy) is 1. The standard InChI is InChI=1S/C23H27N5O4/c1-5-32-18(29)14-27-15(2)16(3)28-19-20(24-22(27)28)25(4)23(31)26(21(19)30)13-9-12-17-10-7-6-8-11-17/h6-12,19-20H,5,13-14H2,1-4H3/b12-9+. The lowest BCUT2D eigenvalue weighted by Gasteiger charge is -2.40. The van der Waals surface area contributed by atoms with Crippen molar-refractivity contribution in [1.82, 2.24) is 19.6 Å². The predicted molar refractivity (Wildman–Crippen MR) is 119 cm³/mol. The van der Waals surface area contributed by atoms with Crippen LogP contribution in [0.25, 0.3) is 6.08 Å². The molecule has 0 N–H and O–H groups in total. The van der Waals surface area contributed by atoms with Gasteiger partial charge in [0.05, 0.1) is 6.61 Å². The highest BCUT2D eigenvalue weighted by Gasteiger charge is 2.55. The SMILES string of the molecule is CCOC(=O)CN1C2=NC3C(C(=O)N(C/C=C/c4ccccc4)C(=O)N3C)N2C(C)=C1C. The number of nitrogens with zero attached hydrogens (tertiary/aromatic N) is 5. The van der Waals surface area contributed by atoms with E-state index in [4.69, 9.17) is 4.74 Å². The van der Waals surface area contributed by atoms with Crippen LogP contribution in [0.1, 0.15) is 26.3 Å². The third-order valence-electron chi connectivity index (χ3n) is 5.99. The van der Waals surface area contributed by atoms with Crippen molar-refractivity contribution in [3.05, 3.63) is 53.4 Å². The number of urea groups is 1. The molecule has 3 heterocycles. The smallest absolute Gasteiger partial charge is 0.328 e. The fraction of sp³-hybridized carbons (Fsp3) is 0.391. The Morgan fingerprint density at radius 2 is 1.84 bits per heavy atom. The van der Waals surface area contributed by atoms with E-state index in [1.165, 1.54) is 9.80 Å². The van der Waals surface area contributed by atoms with E-state index in [9.17, 15) is 14.4 Å². The van der Waals surface area contributed by atoms with Crippen LogP contribution in [-0.2, 0) is 14.3 Å². The molecule has 0 aliphatic carbocycles. The highest BCUT2D eigenvalue weighted by molar-refractivity contribution is 6.05. The number of allylic oxidation sites excluding steroid dienone is 2. The summed E-state index contributed by atoms with van der Waals surface area (Å²) in [5, 5.41) is 0. The van der Waals surface area contributed by atoms with Gasteiger partial charge in [-0.25, -0.2) is 9.79 Å². The topological polar surface area (TPSA) is 85.8 Å². The lowest BCUT2D eigenvalue weighted by atomic mass is 10.1. The number of hydrogen-bond acceptors (Lipinski definition) is 7. The molecule has 3 aliphatic heterocycles. The average Bonchev–Trinajstić information content (AvgIpc) is 3.27. The van der Waals surface area contributed by atoms with Crippen LogP contribution in [0.5, 0.6) is 0 Å². The van der Waals surface area contributed by atoms with Gasteiger partial charge in [0, 0.05) is 25.0 Å². The number of aliphatic imine (C=N–C) groups is 1. The number of hydrogen-bond donors (Lipinski definition) is 0. The van der Waals surface area contributed by atoms with Gasteiger partial charge >= 0.3 is 12.0 Å². The molecule has 1 aromatic rings. The Morgan fingerprint density at radius 1 is 1.12 bits per heavy atom. The predicted octanol–water partition coefficient (Wildman–Crippen LogP) is 2.09. The zero-order valence-electron chi connectivity index (χ0n) is 18.7. The van der Waals surface area contributed by atoms with Crippen LogP contribution in [0.2, 0.25) is 0 Å². The van der Waals surface area contributed by atoms with Gasteiger partial charge in [0.2, 0.25) is 5.96 Å². The second-order valence-electron chi connectivity index (χ2n) is 7.87. The number of imide groups is 1. The molecule has 4 rings (SSSR count). The van der Waals surface area contributed by atoms with E-state index in [1.54, 1.807) is 24.9 Å². The van der Waals surface area contributed by atoms with Crippen molar-refractivity contribution in [3.8, 4) is 0 Å². The Balaban J connectivity index is 1.57. The molecule has 3 amide bonds. The van der Waals surface area contributed by atoms with E-state index in [1.807, 2.05) is 55.2 Å². The lowest BCUT2D eigenvalue weighted by Crippen LogP contribution is -2.64. The monoisotopic (exact) mass is 437 g/mol. The molecule has 168 valence electrons. The van der Waals surface area contributed by atoms with Gasteiger partial charge in [-0.05, 0) is 26.3 Å². The van der Waals surface area contributed by atoms with Crippen molar-refractivity contribution in [3.63, 3.8) is 0 Å². The normalized spacial score (nSPS) is 22.7. The van der Waals surface area contributed by atoms with Crippen molar-refractivity contribution in [2.24, 2.45) is 4.99 Å². The molecule has 2 atom stereocenters. The number of carbonyl (C=O) groups excluding carboxylic acids is 3. The Morgan fingerprint density at radius 3 is 2.53 bits per heavy atom. The molecule has 9 heteroatoms. The van der Waals surface area contributed by atoms with Gasteiger partial charge in [0.15, 0.2) is 12.2 Å². The number of carbonyl (C=O) groups is 3. The highest BCUT2D eigenvalue weighted by atomic mass is 16.5. The lowest BCUT2D eigenvalue weighted by molar-refractivity contribution is -0.143. The first kappa shape index (κ1) is 21.6. The zero-order chi connectivity index (χ0) is 23.0. The molecule has 2 unspecified atom stereocenters. The largest absolute Gasteiger partial charge is 0.465 e. The third-order valence-corrected chi connectivity index (χ3v) is 5.99. The first-order valence-electron chi connectivity index (χ1n) is 10.6. The van der Waals surface area contributed by atoms with E-state index in [-0.39, 0.29) is 31.6 Å². The number of benzene rings is 1. The second-order valence-corrected chi connectivity index (χ2v) is 7.87. The van der Waals surface area contributed by atoms with Gasteiger partial charge in [-0.1, -0.05) is 42.5 Å². The number of amides is 3. The zero-order valence-corrected chi connectivity index (χ0v) is 18.7. The van der Waals surface area contributed by atoms with Crippen molar-refractivity contribution >= 4 is 29.9 Å². The third kappa shape index (κ3) is 3.53. The van der Waals surface area contributed by atoms with Gasteiger partial charge in [-0.3, -0.25) is 19.4 Å². The summed E-state index contributed by atoms with van der Waals surface area (Å²) in [7, 11) is 1.65. The number of esters is 1. The minimum atomic E-state index is -0.667. The summed E-state index contributed by atoms with van der Waals surface area (Å²) in [4.78, 5) is 49.5. The van der Waals surface area contributed by atoms with Gasteiger partial charge < -0.3 is 14.5 Å². The molecule has 32 heavy (non-hydrogen) atoms. The molecule has 0 aromatic heterocycles. The van der Waals surface area contributed by atoms with Crippen molar-refractivity contribution in [1.29, 1.82) is 0 Å². The molecule has 3 aliphatic rings. The second kappa shape index (κ2) is 8.49. The summed E-state index contributed by atoms with van der Waals surface area (Å²) < 4.78 is 5.09. The first-order chi connectivity index (χ1) is 15.3. The van der Waals surface area contributed by atoms with Gasteiger partial charge in [0.25, 0.3) is 5.91 Å². The average molecular weight is 438 g/mol. The summed E-state index contributed by atoms with van der Waals surface area (Å²) in [6.07, 6.45) is 3.04. The van der Waals surface area contributed by atoms with Gasteiger partial charge in [0.1, 0.15) is 6.54 Å². The molecule has 1 fully saturated rings. The van der Waals surface area contributed by atoms with Crippen LogP contribution < -0.4 is 0 Å². The van der Waals surface area contributed by atoms with Crippen LogP contribution in [0.3, 0.4) is 0 Å². The molecule has 0 spiro atoms. The van der Waals surface area contributed by atoms with Gasteiger partial charge in [-0.15, -0.1) is 0 Å². The quantitative estimate of drug-likeness (QED) is 0.634. The van der Waals surface area contributed by atoms with Crippen LogP contribution >= 0.6 is 0 Å². The fourth-order valence-electron chi connectivity index (χ4n) is 4.23. The molecule has 0 radical (unpaired) electrons. The minimum absolute atomic E-state index is 0.00116. The Labute approximate surface area is 187 Å². The van der Waals surface area contributed by atoms with Crippen LogP contribution in [-0.4, -0.2) is 82.4 Å². The fourth-order valence-corrected chi connectivity index (χ4v) is 4.23. The number of fused-ring (bicyclic) bond motifs is 3. The molecule has 0 saturated carbocycles. The Hall–Kier alpha value is -3.62. The maximum absolute atomic E-state index is 13.4. The number of guanidine groups is 1. The first-order valence-corrected chi connectivity index (χ1v) is 10.6. The van der Waals surface area contributed by atoms with Crippen LogP contribution in [0.15, 0.2) is 52.8 Å². The summed E-state index contributed by atoms with van der Waals surface area (Å²) in [6, 6.07) is 8.64. The highest BCUT2D eigenvalue weighted by Crippen LogP contribution is 2.37. The summed E-state index contributed by atoms with van der Waals surface area (Å²) in [5.74, 6) is -0.181. The summed E-state index contributed by atoms with van der Waals surface area (Å²) in [6.45, 7) is 5.98. The van der Waals surface area contributed by atoms with Crippen molar-refractivity contribution in [2.75, 3.05) is 26.7 Å². The molecule has 1 aromatic carbocycles. The molecule has 1 saturated heterocycles. The van der Waals surface area contributed by atoms with Crippen molar-refractivity contribution in [2.45, 2.75) is 33.0 Å². The van der Waals surface area contributed by atoms with Crippen LogP contribution in [0, 0.1) is 0 Å². The minimum Gasteiger partial charge on any atom is -0.465 e. The molecule has 0 bridgehead atoms. The maximum atomic E-state index is 13.4. The summed E-state index contributed by atoms with van der Waals surface area (Å²) >= 11 is 0.